The molecule has 4 nitrogen and oxygen atoms in total. The Hall–Kier alpha value is -1.97. The second kappa shape index (κ2) is 4.70. The summed E-state index contributed by atoms with van der Waals surface area (Å²) in [5, 5.41) is 3.24. The minimum absolute atomic E-state index is 0.597. The Morgan fingerprint density at radius 1 is 1.44 bits per heavy atom. The minimum Gasteiger partial charge on any atom is -0.495 e. The molecule has 2 rings (SSSR count). The molecular formula is C12H14N2O2. The van der Waals surface area contributed by atoms with E-state index in [0.29, 0.717) is 6.54 Å². The van der Waals surface area contributed by atoms with Crippen molar-refractivity contribution in [2.45, 2.75) is 13.5 Å². The zero-order valence-electron chi connectivity index (χ0n) is 9.36. The van der Waals surface area contributed by atoms with E-state index >= 15 is 0 Å². The Morgan fingerprint density at radius 2 is 2.31 bits per heavy atom. The lowest BCUT2D eigenvalue weighted by molar-refractivity contribution is 0.416. The molecule has 0 fully saturated rings. The van der Waals surface area contributed by atoms with Crippen LogP contribution in [0.15, 0.2) is 35.2 Å². The molecule has 0 spiro atoms. The third kappa shape index (κ3) is 2.34. The quantitative estimate of drug-likeness (QED) is 0.856. The van der Waals surface area contributed by atoms with Gasteiger partial charge in [0.15, 0.2) is 6.39 Å². The Kier molecular flexibility index (Phi) is 3.10. The van der Waals surface area contributed by atoms with Gasteiger partial charge in [0, 0.05) is 0 Å². The van der Waals surface area contributed by atoms with Crippen LogP contribution < -0.4 is 10.1 Å². The van der Waals surface area contributed by atoms with Crippen molar-refractivity contribution in [3.8, 4) is 5.75 Å². The normalized spacial score (nSPS) is 10.1. The van der Waals surface area contributed by atoms with Crippen molar-refractivity contribution in [1.29, 1.82) is 0 Å². The number of anilines is 1. The van der Waals surface area contributed by atoms with Gasteiger partial charge >= 0.3 is 0 Å². The summed E-state index contributed by atoms with van der Waals surface area (Å²) >= 11 is 0. The van der Waals surface area contributed by atoms with E-state index < -0.39 is 0 Å². The first kappa shape index (κ1) is 10.5. The van der Waals surface area contributed by atoms with Crippen LogP contribution in [-0.2, 0) is 6.54 Å². The lowest BCUT2D eigenvalue weighted by atomic mass is 10.2. The van der Waals surface area contributed by atoms with Crippen LogP contribution in [0.1, 0.15) is 11.3 Å². The number of hydrogen-bond donors (Lipinski definition) is 1. The predicted molar refractivity (Wildman–Crippen MR) is 61.6 cm³/mol. The van der Waals surface area contributed by atoms with Crippen LogP contribution in [0.2, 0.25) is 0 Å². The lowest BCUT2D eigenvalue weighted by Gasteiger charge is -2.10. The number of hydrogen-bond acceptors (Lipinski definition) is 4. The number of aryl methyl sites for hydroxylation is 1. The summed E-state index contributed by atoms with van der Waals surface area (Å²) in [6.07, 6.45) is 3.11. The first-order valence-electron chi connectivity index (χ1n) is 5.05. The van der Waals surface area contributed by atoms with E-state index in [1.165, 1.54) is 12.0 Å². The van der Waals surface area contributed by atoms with Gasteiger partial charge in [-0.1, -0.05) is 6.07 Å². The molecule has 0 aliphatic heterocycles. The summed E-state index contributed by atoms with van der Waals surface area (Å²) in [7, 11) is 1.66. The highest BCUT2D eigenvalue weighted by Crippen LogP contribution is 2.25. The monoisotopic (exact) mass is 218 g/mol. The molecule has 0 bridgehead atoms. The molecule has 1 N–H and O–H groups in total. The second-order valence-corrected chi connectivity index (χ2v) is 3.53. The minimum atomic E-state index is 0.597. The first-order chi connectivity index (χ1) is 7.79. The number of ether oxygens (including phenoxy) is 1. The van der Waals surface area contributed by atoms with Crippen molar-refractivity contribution in [1.82, 2.24) is 4.98 Å². The highest BCUT2D eigenvalue weighted by molar-refractivity contribution is 5.57. The molecule has 1 aromatic heterocycles. The van der Waals surface area contributed by atoms with Crippen molar-refractivity contribution in [3.63, 3.8) is 0 Å². The van der Waals surface area contributed by atoms with Crippen molar-refractivity contribution in [2.24, 2.45) is 0 Å². The molecule has 0 saturated carbocycles. The average Bonchev–Trinajstić information content (AvgIpc) is 2.80. The van der Waals surface area contributed by atoms with Crippen LogP contribution in [0.25, 0.3) is 0 Å². The lowest BCUT2D eigenvalue weighted by Crippen LogP contribution is -2.00. The number of benzene rings is 1. The zero-order chi connectivity index (χ0) is 11.4. The van der Waals surface area contributed by atoms with Gasteiger partial charge in [0.2, 0.25) is 0 Å². The largest absolute Gasteiger partial charge is 0.495 e. The fourth-order valence-corrected chi connectivity index (χ4v) is 1.46. The molecule has 84 valence electrons. The van der Waals surface area contributed by atoms with Gasteiger partial charge in [-0.15, -0.1) is 0 Å². The van der Waals surface area contributed by atoms with Gasteiger partial charge in [-0.2, -0.15) is 0 Å². The van der Waals surface area contributed by atoms with E-state index in [1.54, 1.807) is 13.3 Å². The van der Waals surface area contributed by atoms with Gasteiger partial charge < -0.3 is 14.5 Å². The van der Waals surface area contributed by atoms with Crippen molar-refractivity contribution < 1.29 is 9.15 Å². The Balaban J connectivity index is 2.09. The maximum absolute atomic E-state index is 5.29. The smallest absolute Gasteiger partial charge is 0.180 e. The molecule has 0 radical (unpaired) electrons. The molecule has 1 heterocycles. The van der Waals surface area contributed by atoms with Crippen molar-refractivity contribution in [3.05, 3.63) is 42.1 Å². The van der Waals surface area contributed by atoms with E-state index in [-0.39, 0.29) is 0 Å². The van der Waals surface area contributed by atoms with Gasteiger partial charge in [-0.05, 0) is 24.6 Å². The zero-order valence-corrected chi connectivity index (χ0v) is 9.36. The van der Waals surface area contributed by atoms with Gasteiger partial charge in [-0.3, -0.25) is 0 Å². The van der Waals surface area contributed by atoms with Crippen LogP contribution in [-0.4, -0.2) is 12.1 Å². The summed E-state index contributed by atoms with van der Waals surface area (Å²) in [4.78, 5) is 3.85. The summed E-state index contributed by atoms with van der Waals surface area (Å²) in [6, 6.07) is 6.01. The Labute approximate surface area is 94.3 Å². The maximum atomic E-state index is 5.29. The standard InChI is InChI=1S/C12H14N2O2/c1-9-3-4-11(12(5-9)15-2)14-7-10-6-13-8-16-10/h3-6,8,14H,7H2,1-2H3. The number of oxazole rings is 1. The molecule has 0 aliphatic rings. The molecule has 16 heavy (non-hydrogen) atoms. The van der Waals surface area contributed by atoms with Crippen molar-refractivity contribution in [2.75, 3.05) is 12.4 Å². The molecule has 0 amide bonds. The molecule has 1 aromatic carbocycles. The average molecular weight is 218 g/mol. The molecule has 4 heteroatoms. The van der Waals surface area contributed by atoms with E-state index in [4.69, 9.17) is 9.15 Å². The summed E-state index contributed by atoms with van der Waals surface area (Å²) in [6.45, 7) is 2.63. The number of nitrogens with zero attached hydrogens (tertiary/aromatic N) is 1. The fraction of sp³-hybridized carbons (Fsp3) is 0.250. The molecule has 0 saturated heterocycles. The predicted octanol–water partition coefficient (Wildman–Crippen LogP) is 2.60. The number of nitrogens with one attached hydrogen (secondary N) is 1. The van der Waals surface area contributed by atoms with Crippen LogP contribution >= 0.6 is 0 Å². The molecular weight excluding hydrogens is 204 g/mol. The van der Waals surface area contributed by atoms with Crippen molar-refractivity contribution >= 4 is 5.69 Å². The number of aromatic nitrogens is 1. The number of methoxy groups -OCH3 is 1. The van der Waals surface area contributed by atoms with Crippen LogP contribution in [0.5, 0.6) is 5.75 Å². The summed E-state index contributed by atoms with van der Waals surface area (Å²) in [5.41, 5.74) is 2.12. The van der Waals surface area contributed by atoms with Gasteiger partial charge in [0.1, 0.15) is 11.5 Å². The SMILES string of the molecule is COc1cc(C)ccc1NCc1cnco1. The van der Waals surface area contributed by atoms with Gasteiger partial charge in [0.05, 0.1) is 25.5 Å². The van der Waals surface area contributed by atoms with Crippen LogP contribution in [0, 0.1) is 6.92 Å². The summed E-state index contributed by atoms with van der Waals surface area (Å²) < 4.78 is 10.4. The number of rotatable bonds is 4. The van der Waals surface area contributed by atoms with Gasteiger partial charge in [0.25, 0.3) is 0 Å². The summed E-state index contributed by atoms with van der Waals surface area (Å²) in [5.74, 6) is 1.63. The first-order valence-corrected chi connectivity index (χ1v) is 5.05. The van der Waals surface area contributed by atoms with Crippen LogP contribution in [0.3, 0.4) is 0 Å². The Bertz CT molecular complexity index is 452. The third-order valence-electron chi connectivity index (χ3n) is 2.29. The second-order valence-electron chi connectivity index (χ2n) is 3.53. The molecule has 0 aliphatic carbocycles. The third-order valence-corrected chi connectivity index (χ3v) is 2.29. The fourth-order valence-electron chi connectivity index (χ4n) is 1.46. The molecule has 0 unspecified atom stereocenters. The van der Waals surface area contributed by atoms with E-state index in [2.05, 4.69) is 10.3 Å². The highest BCUT2D eigenvalue weighted by atomic mass is 16.5. The van der Waals surface area contributed by atoms with E-state index in [0.717, 1.165) is 17.2 Å². The molecule has 0 atom stereocenters. The van der Waals surface area contributed by atoms with E-state index in [1.807, 2.05) is 25.1 Å². The van der Waals surface area contributed by atoms with E-state index in [9.17, 15) is 0 Å². The Morgan fingerprint density at radius 3 is 3.00 bits per heavy atom. The van der Waals surface area contributed by atoms with Gasteiger partial charge in [-0.25, -0.2) is 4.98 Å². The molecule has 2 aromatic rings. The van der Waals surface area contributed by atoms with Crippen LogP contribution in [0.4, 0.5) is 5.69 Å². The highest BCUT2D eigenvalue weighted by Gasteiger charge is 2.03. The topological polar surface area (TPSA) is 47.3 Å². The maximum Gasteiger partial charge on any atom is 0.180 e.